The molecule has 0 amide bonds. The minimum atomic E-state index is 0.0216. The van der Waals surface area contributed by atoms with E-state index in [0.29, 0.717) is 33.7 Å². The molecule has 0 saturated carbocycles. The van der Waals surface area contributed by atoms with Crippen LogP contribution in [0.2, 0.25) is 0 Å². The SMILES string of the molecule is CCCCN(CCCC)c1ccc(-c2cc3cc(-c4nc5cc(C#N)ccc5o4)c(O)cc3o2)cc1. The van der Waals surface area contributed by atoms with Crippen LogP contribution in [0, 0.1) is 11.3 Å². The first-order chi connectivity index (χ1) is 17.6. The van der Waals surface area contributed by atoms with Crippen molar-refractivity contribution in [3.05, 3.63) is 66.2 Å². The molecule has 2 heterocycles. The number of rotatable bonds is 9. The summed E-state index contributed by atoms with van der Waals surface area (Å²) in [5, 5.41) is 20.7. The van der Waals surface area contributed by atoms with Gasteiger partial charge in [0.2, 0.25) is 5.89 Å². The van der Waals surface area contributed by atoms with E-state index in [1.807, 2.05) is 12.1 Å². The van der Waals surface area contributed by atoms with Gasteiger partial charge in [0, 0.05) is 35.8 Å². The van der Waals surface area contributed by atoms with Crippen LogP contribution in [-0.4, -0.2) is 23.2 Å². The highest BCUT2D eigenvalue weighted by atomic mass is 16.4. The Bertz CT molecular complexity index is 1530. The number of hydrogen-bond donors (Lipinski definition) is 1. The van der Waals surface area contributed by atoms with Crippen molar-refractivity contribution in [3.63, 3.8) is 0 Å². The molecule has 0 aliphatic carbocycles. The summed E-state index contributed by atoms with van der Waals surface area (Å²) in [6, 6.07) is 21.0. The molecule has 5 rings (SSSR count). The minimum Gasteiger partial charge on any atom is -0.507 e. The number of phenols is 1. The fourth-order valence-electron chi connectivity index (χ4n) is 4.41. The maximum atomic E-state index is 10.7. The number of aromatic hydroxyl groups is 1. The van der Waals surface area contributed by atoms with Crippen molar-refractivity contribution >= 4 is 27.8 Å². The molecular weight excluding hydrogens is 450 g/mol. The van der Waals surface area contributed by atoms with E-state index < -0.39 is 0 Å². The first-order valence-corrected chi connectivity index (χ1v) is 12.5. The molecule has 6 heteroatoms. The topological polar surface area (TPSA) is 86.4 Å². The predicted molar refractivity (Wildman–Crippen MR) is 143 cm³/mol. The normalized spacial score (nSPS) is 11.2. The predicted octanol–water partition coefficient (Wildman–Crippen LogP) is 7.89. The van der Waals surface area contributed by atoms with E-state index in [1.165, 1.54) is 31.4 Å². The number of aromatic nitrogens is 1. The van der Waals surface area contributed by atoms with Crippen LogP contribution in [0.5, 0.6) is 5.75 Å². The third-order valence-electron chi connectivity index (χ3n) is 6.46. The Morgan fingerprint density at radius 2 is 1.64 bits per heavy atom. The highest BCUT2D eigenvalue weighted by Crippen LogP contribution is 2.38. The second-order valence-electron chi connectivity index (χ2n) is 9.07. The Morgan fingerprint density at radius 1 is 0.889 bits per heavy atom. The van der Waals surface area contributed by atoms with E-state index in [1.54, 1.807) is 24.3 Å². The molecule has 182 valence electrons. The Morgan fingerprint density at radius 3 is 2.33 bits per heavy atom. The summed E-state index contributed by atoms with van der Waals surface area (Å²) in [5.41, 5.74) is 4.91. The first-order valence-electron chi connectivity index (χ1n) is 12.5. The molecule has 5 aromatic rings. The van der Waals surface area contributed by atoms with Crippen molar-refractivity contribution in [2.24, 2.45) is 0 Å². The van der Waals surface area contributed by atoms with E-state index in [0.717, 1.165) is 29.8 Å². The van der Waals surface area contributed by atoms with Gasteiger partial charge in [-0.1, -0.05) is 26.7 Å². The summed E-state index contributed by atoms with van der Waals surface area (Å²) in [5.74, 6) is 1.05. The zero-order chi connectivity index (χ0) is 25.1. The van der Waals surface area contributed by atoms with Crippen molar-refractivity contribution in [2.75, 3.05) is 18.0 Å². The standard InChI is InChI=1S/C30H29N3O3/c1-3-5-13-33(14-6-4-2)23-10-8-21(9-11-23)28-17-22-16-24(26(34)18-29(22)35-28)30-32-25-15-20(19-31)7-12-27(25)36-30/h7-12,15-18,34H,3-6,13-14H2,1-2H3. The summed E-state index contributed by atoms with van der Waals surface area (Å²) in [6.07, 6.45) is 4.72. The van der Waals surface area contributed by atoms with Gasteiger partial charge in [-0.15, -0.1) is 0 Å². The number of hydrogen-bond acceptors (Lipinski definition) is 6. The van der Waals surface area contributed by atoms with Crippen molar-refractivity contribution in [3.8, 4) is 34.6 Å². The number of fused-ring (bicyclic) bond motifs is 2. The molecule has 0 aliphatic heterocycles. The van der Waals surface area contributed by atoms with E-state index >= 15 is 0 Å². The van der Waals surface area contributed by atoms with E-state index in [2.05, 4.69) is 54.1 Å². The van der Waals surface area contributed by atoms with Crippen LogP contribution < -0.4 is 4.90 Å². The molecule has 0 spiro atoms. The summed E-state index contributed by atoms with van der Waals surface area (Å²) < 4.78 is 11.9. The Kier molecular flexibility index (Phi) is 6.64. The van der Waals surface area contributed by atoms with Crippen molar-refractivity contribution in [1.82, 2.24) is 4.98 Å². The molecule has 3 aromatic carbocycles. The van der Waals surface area contributed by atoms with Gasteiger partial charge in [0.25, 0.3) is 0 Å². The van der Waals surface area contributed by atoms with Gasteiger partial charge in [-0.05, 0) is 67.4 Å². The number of oxazole rings is 1. The van der Waals surface area contributed by atoms with Gasteiger partial charge in [0.05, 0.1) is 17.2 Å². The molecule has 6 nitrogen and oxygen atoms in total. The van der Waals surface area contributed by atoms with Gasteiger partial charge in [-0.3, -0.25) is 0 Å². The average Bonchev–Trinajstić information content (AvgIpc) is 3.51. The number of unbranched alkanes of at least 4 members (excludes halogenated alkanes) is 2. The molecular formula is C30H29N3O3. The lowest BCUT2D eigenvalue weighted by Crippen LogP contribution is -2.25. The summed E-state index contributed by atoms with van der Waals surface area (Å²) in [4.78, 5) is 6.94. The Balaban J connectivity index is 1.44. The molecule has 1 N–H and O–H groups in total. The van der Waals surface area contributed by atoms with Crippen molar-refractivity contribution in [1.29, 1.82) is 5.26 Å². The molecule has 0 atom stereocenters. The third-order valence-corrected chi connectivity index (χ3v) is 6.46. The highest BCUT2D eigenvalue weighted by molar-refractivity contribution is 5.90. The van der Waals surface area contributed by atoms with E-state index in [4.69, 9.17) is 14.1 Å². The average molecular weight is 480 g/mol. The number of phenolic OH excluding ortho intramolecular Hbond substituents is 1. The summed E-state index contributed by atoms with van der Waals surface area (Å²) in [6.45, 7) is 6.58. The molecule has 0 aliphatic rings. The first kappa shape index (κ1) is 23.5. The minimum absolute atomic E-state index is 0.0216. The van der Waals surface area contributed by atoms with Crippen LogP contribution in [0.3, 0.4) is 0 Å². The van der Waals surface area contributed by atoms with Crippen molar-refractivity contribution < 1.29 is 13.9 Å². The van der Waals surface area contributed by atoms with E-state index in [-0.39, 0.29) is 5.75 Å². The largest absolute Gasteiger partial charge is 0.507 e. The van der Waals surface area contributed by atoms with Gasteiger partial charge in [0.1, 0.15) is 22.6 Å². The number of nitriles is 1. The molecule has 36 heavy (non-hydrogen) atoms. The molecule has 0 saturated heterocycles. The lowest BCUT2D eigenvalue weighted by Gasteiger charge is -2.24. The Hall–Kier alpha value is -4.24. The van der Waals surface area contributed by atoms with Gasteiger partial charge < -0.3 is 18.8 Å². The summed E-state index contributed by atoms with van der Waals surface area (Å²) in [7, 11) is 0. The highest BCUT2D eigenvalue weighted by Gasteiger charge is 2.17. The number of benzene rings is 3. The zero-order valence-corrected chi connectivity index (χ0v) is 20.6. The van der Waals surface area contributed by atoms with Crippen LogP contribution >= 0.6 is 0 Å². The molecule has 0 fully saturated rings. The fraction of sp³-hybridized carbons (Fsp3) is 0.267. The smallest absolute Gasteiger partial charge is 0.231 e. The van der Waals surface area contributed by atoms with Crippen LogP contribution in [0.4, 0.5) is 5.69 Å². The van der Waals surface area contributed by atoms with E-state index in [9.17, 15) is 5.11 Å². The zero-order valence-electron chi connectivity index (χ0n) is 20.6. The van der Waals surface area contributed by atoms with Crippen molar-refractivity contribution in [2.45, 2.75) is 39.5 Å². The Labute approximate surface area is 210 Å². The second-order valence-corrected chi connectivity index (χ2v) is 9.07. The van der Waals surface area contributed by atoms with Crippen LogP contribution in [0.15, 0.2) is 69.5 Å². The summed E-state index contributed by atoms with van der Waals surface area (Å²) >= 11 is 0. The van der Waals surface area contributed by atoms with Gasteiger partial charge in [0.15, 0.2) is 5.58 Å². The van der Waals surface area contributed by atoms with Crippen LogP contribution in [0.25, 0.3) is 44.8 Å². The quantitative estimate of drug-likeness (QED) is 0.231. The number of nitrogens with zero attached hydrogens (tertiary/aromatic N) is 3. The molecule has 0 bridgehead atoms. The third kappa shape index (κ3) is 4.65. The maximum absolute atomic E-state index is 10.7. The fourth-order valence-corrected chi connectivity index (χ4v) is 4.41. The number of anilines is 1. The monoisotopic (exact) mass is 479 g/mol. The molecule has 2 aromatic heterocycles. The molecule has 0 radical (unpaired) electrons. The van der Waals surface area contributed by atoms with Gasteiger partial charge >= 0.3 is 0 Å². The van der Waals surface area contributed by atoms with Gasteiger partial charge in [-0.25, -0.2) is 4.98 Å². The van der Waals surface area contributed by atoms with Crippen LogP contribution in [0.1, 0.15) is 45.1 Å². The maximum Gasteiger partial charge on any atom is 0.231 e. The molecule has 0 unspecified atom stereocenters. The lowest BCUT2D eigenvalue weighted by molar-refractivity contribution is 0.473. The van der Waals surface area contributed by atoms with Gasteiger partial charge in [-0.2, -0.15) is 5.26 Å². The lowest BCUT2D eigenvalue weighted by atomic mass is 10.1. The number of furan rings is 1. The van der Waals surface area contributed by atoms with Crippen LogP contribution in [-0.2, 0) is 0 Å². The second kappa shape index (κ2) is 10.2.